The second kappa shape index (κ2) is 5.30. The number of piperidine rings is 1. The first kappa shape index (κ1) is 14.0. The van der Waals surface area contributed by atoms with Gasteiger partial charge in [-0.05, 0) is 25.7 Å². The summed E-state index contributed by atoms with van der Waals surface area (Å²) in [6, 6.07) is 0. The first-order chi connectivity index (χ1) is 8.89. The normalized spacial score (nSPS) is 18.6. The van der Waals surface area contributed by atoms with Crippen LogP contribution in [0.3, 0.4) is 0 Å². The number of aromatic amines is 1. The fourth-order valence-electron chi connectivity index (χ4n) is 2.31. The first-order valence-corrected chi connectivity index (χ1v) is 7.63. The summed E-state index contributed by atoms with van der Waals surface area (Å²) in [5, 5.41) is 0.123. The molecule has 2 heterocycles. The Morgan fingerprint density at radius 3 is 2.63 bits per heavy atom. The van der Waals surface area contributed by atoms with E-state index in [1.54, 1.807) is 6.92 Å². The van der Waals surface area contributed by atoms with Gasteiger partial charge in [0.05, 0.1) is 6.20 Å². The van der Waals surface area contributed by atoms with E-state index in [-0.39, 0.29) is 16.9 Å². The molecule has 0 radical (unpaired) electrons. The van der Waals surface area contributed by atoms with Crippen molar-refractivity contribution in [3.8, 4) is 0 Å². The zero-order valence-corrected chi connectivity index (χ0v) is 11.6. The summed E-state index contributed by atoms with van der Waals surface area (Å²) in [6.07, 6.45) is 2.99. The summed E-state index contributed by atoms with van der Waals surface area (Å²) in [6.45, 7) is 2.54. The molecular formula is C11H18N4O3S. The fourth-order valence-corrected chi connectivity index (χ4v) is 3.74. The Bertz CT molecular complexity index is 558. The predicted octanol–water partition coefficient (Wildman–Crippen LogP) is -0.00578. The molecule has 1 amide bonds. The molecule has 0 aliphatic carbocycles. The summed E-state index contributed by atoms with van der Waals surface area (Å²) >= 11 is 0. The molecule has 0 saturated carbocycles. The number of H-pyrrole nitrogens is 1. The number of aromatic nitrogens is 2. The van der Waals surface area contributed by atoms with Gasteiger partial charge in [-0.15, -0.1) is 0 Å². The molecule has 1 aromatic heterocycles. The number of rotatable bonds is 4. The van der Waals surface area contributed by atoms with Crippen molar-refractivity contribution in [1.29, 1.82) is 0 Å². The molecule has 1 aliphatic heterocycles. The zero-order chi connectivity index (χ0) is 14.0. The van der Waals surface area contributed by atoms with Gasteiger partial charge in [-0.25, -0.2) is 13.4 Å². The SMILES string of the molecule is Cc1ncc(S(=O)(=O)N2CCC(CC(N)=O)CC2)[nH]1. The third kappa shape index (κ3) is 3.13. The van der Waals surface area contributed by atoms with Gasteiger partial charge in [0.25, 0.3) is 10.0 Å². The van der Waals surface area contributed by atoms with Crippen LogP contribution in [0.2, 0.25) is 0 Å². The van der Waals surface area contributed by atoms with Crippen molar-refractivity contribution in [2.75, 3.05) is 13.1 Å². The second-order valence-electron chi connectivity index (χ2n) is 4.85. The number of carbonyl (C=O) groups excluding carboxylic acids is 1. The molecule has 19 heavy (non-hydrogen) atoms. The van der Waals surface area contributed by atoms with Gasteiger partial charge in [-0.3, -0.25) is 4.79 Å². The first-order valence-electron chi connectivity index (χ1n) is 6.19. The number of nitrogens with zero attached hydrogens (tertiary/aromatic N) is 2. The smallest absolute Gasteiger partial charge is 0.260 e. The van der Waals surface area contributed by atoms with Gasteiger partial charge < -0.3 is 10.7 Å². The number of hydrogen-bond acceptors (Lipinski definition) is 4. The molecule has 1 fully saturated rings. The molecule has 1 aliphatic rings. The lowest BCUT2D eigenvalue weighted by Gasteiger charge is -2.30. The maximum Gasteiger partial charge on any atom is 0.260 e. The highest BCUT2D eigenvalue weighted by atomic mass is 32.2. The molecule has 0 spiro atoms. The van der Waals surface area contributed by atoms with E-state index in [9.17, 15) is 13.2 Å². The van der Waals surface area contributed by atoms with Crippen molar-refractivity contribution in [3.63, 3.8) is 0 Å². The molecule has 8 heteroatoms. The predicted molar refractivity (Wildman–Crippen MR) is 68.6 cm³/mol. The van der Waals surface area contributed by atoms with Crippen LogP contribution < -0.4 is 5.73 Å². The average Bonchev–Trinajstić information content (AvgIpc) is 2.76. The van der Waals surface area contributed by atoms with Gasteiger partial charge in [-0.2, -0.15) is 4.31 Å². The molecule has 106 valence electrons. The molecule has 0 unspecified atom stereocenters. The zero-order valence-electron chi connectivity index (χ0n) is 10.8. The van der Waals surface area contributed by atoms with Crippen molar-refractivity contribution >= 4 is 15.9 Å². The monoisotopic (exact) mass is 286 g/mol. The molecule has 0 atom stereocenters. The van der Waals surface area contributed by atoms with E-state index in [1.807, 2.05) is 0 Å². The van der Waals surface area contributed by atoms with Gasteiger partial charge >= 0.3 is 0 Å². The van der Waals surface area contributed by atoms with Crippen molar-refractivity contribution in [1.82, 2.24) is 14.3 Å². The standard InChI is InChI=1S/C11H18N4O3S/c1-8-13-7-11(14-8)19(17,18)15-4-2-9(3-5-15)6-10(12)16/h7,9H,2-6H2,1H3,(H2,12,16)(H,13,14). The highest BCUT2D eigenvalue weighted by molar-refractivity contribution is 7.89. The Morgan fingerprint density at radius 1 is 1.53 bits per heavy atom. The van der Waals surface area contributed by atoms with Crippen LogP contribution in [0.1, 0.15) is 25.1 Å². The minimum atomic E-state index is -3.49. The summed E-state index contributed by atoms with van der Waals surface area (Å²) in [4.78, 5) is 17.5. The van der Waals surface area contributed by atoms with E-state index < -0.39 is 10.0 Å². The van der Waals surface area contributed by atoms with Crippen molar-refractivity contribution in [3.05, 3.63) is 12.0 Å². The number of amides is 1. The molecular weight excluding hydrogens is 268 g/mol. The van der Waals surface area contributed by atoms with Crippen LogP contribution >= 0.6 is 0 Å². The number of aryl methyl sites for hydroxylation is 1. The summed E-state index contributed by atoms with van der Waals surface area (Å²) in [5.41, 5.74) is 5.15. The molecule has 2 rings (SSSR count). The Labute approximate surface area is 112 Å². The third-order valence-corrected chi connectivity index (χ3v) is 5.17. The van der Waals surface area contributed by atoms with Gasteiger partial charge in [0, 0.05) is 19.5 Å². The second-order valence-corrected chi connectivity index (χ2v) is 6.76. The van der Waals surface area contributed by atoms with Crippen molar-refractivity contribution < 1.29 is 13.2 Å². The molecule has 3 N–H and O–H groups in total. The van der Waals surface area contributed by atoms with Crippen LogP contribution in [0.15, 0.2) is 11.2 Å². The van der Waals surface area contributed by atoms with Crippen LogP contribution in [0.5, 0.6) is 0 Å². The maximum absolute atomic E-state index is 12.3. The third-order valence-electron chi connectivity index (χ3n) is 3.36. The Morgan fingerprint density at radius 2 is 2.16 bits per heavy atom. The minimum absolute atomic E-state index is 0.123. The molecule has 1 saturated heterocycles. The summed E-state index contributed by atoms with van der Waals surface area (Å²) in [5.74, 6) is 0.431. The Kier molecular flexibility index (Phi) is 3.91. The number of nitrogens with one attached hydrogen (secondary N) is 1. The lowest BCUT2D eigenvalue weighted by atomic mass is 9.94. The highest BCUT2D eigenvalue weighted by Crippen LogP contribution is 2.24. The van der Waals surface area contributed by atoms with Crippen LogP contribution in [0.25, 0.3) is 0 Å². The van der Waals surface area contributed by atoms with Crippen LogP contribution in [-0.2, 0) is 14.8 Å². The highest BCUT2D eigenvalue weighted by Gasteiger charge is 2.30. The largest absolute Gasteiger partial charge is 0.370 e. The fraction of sp³-hybridized carbons (Fsp3) is 0.636. The van der Waals surface area contributed by atoms with E-state index in [2.05, 4.69) is 9.97 Å². The van der Waals surface area contributed by atoms with Gasteiger partial charge in [0.15, 0.2) is 5.03 Å². The average molecular weight is 286 g/mol. The lowest BCUT2D eigenvalue weighted by Crippen LogP contribution is -2.39. The number of carbonyl (C=O) groups is 1. The van der Waals surface area contributed by atoms with Crippen molar-refractivity contribution in [2.45, 2.75) is 31.2 Å². The Hall–Kier alpha value is -1.41. The van der Waals surface area contributed by atoms with E-state index in [1.165, 1.54) is 10.5 Å². The number of sulfonamides is 1. The molecule has 7 nitrogen and oxygen atoms in total. The van der Waals surface area contributed by atoms with E-state index >= 15 is 0 Å². The number of hydrogen-bond donors (Lipinski definition) is 2. The van der Waals surface area contributed by atoms with Gasteiger partial charge in [0.2, 0.25) is 5.91 Å². The van der Waals surface area contributed by atoms with Crippen LogP contribution in [0.4, 0.5) is 0 Å². The molecule has 0 bridgehead atoms. The Balaban J connectivity index is 2.03. The number of primary amides is 1. The van der Waals surface area contributed by atoms with Crippen LogP contribution in [-0.4, -0.2) is 41.7 Å². The minimum Gasteiger partial charge on any atom is -0.370 e. The van der Waals surface area contributed by atoms with Gasteiger partial charge in [0.1, 0.15) is 5.82 Å². The lowest BCUT2D eigenvalue weighted by molar-refractivity contribution is -0.119. The van der Waals surface area contributed by atoms with Gasteiger partial charge in [-0.1, -0.05) is 0 Å². The topological polar surface area (TPSA) is 109 Å². The van der Waals surface area contributed by atoms with Crippen LogP contribution in [0, 0.1) is 12.8 Å². The quantitative estimate of drug-likeness (QED) is 0.811. The van der Waals surface area contributed by atoms with E-state index in [0.29, 0.717) is 38.2 Å². The maximum atomic E-state index is 12.3. The number of imidazole rings is 1. The van der Waals surface area contributed by atoms with E-state index in [4.69, 9.17) is 5.73 Å². The summed E-state index contributed by atoms with van der Waals surface area (Å²) < 4.78 is 26.0. The molecule has 0 aromatic carbocycles. The molecule has 1 aromatic rings. The van der Waals surface area contributed by atoms with Crippen molar-refractivity contribution in [2.24, 2.45) is 11.7 Å². The van der Waals surface area contributed by atoms with E-state index in [0.717, 1.165) is 0 Å². The summed E-state index contributed by atoms with van der Waals surface area (Å²) in [7, 11) is -3.49. The number of nitrogens with two attached hydrogens (primary N) is 1.